The molecule has 0 fully saturated rings. The maximum Gasteiger partial charge on any atom is 0.272 e. The van der Waals surface area contributed by atoms with E-state index in [4.69, 9.17) is 16.9 Å². The summed E-state index contributed by atoms with van der Waals surface area (Å²) in [4.78, 5) is 51.2. The number of anilines is 3. The van der Waals surface area contributed by atoms with Gasteiger partial charge in [0.2, 0.25) is 5.91 Å². The fourth-order valence-electron chi connectivity index (χ4n) is 4.64. The highest BCUT2D eigenvalue weighted by molar-refractivity contribution is 7.91. The van der Waals surface area contributed by atoms with Crippen LogP contribution in [0.4, 0.5) is 17.2 Å². The van der Waals surface area contributed by atoms with Crippen molar-refractivity contribution < 1.29 is 27.6 Å². The summed E-state index contributed by atoms with van der Waals surface area (Å²) in [5.41, 5.74) is 2.14. The minimum atomic E-state index is -3.46. The zero-order valence-electron chi connectivity index (χ0n) is 26.3. The Kier molecular flexibility index (Phi) is 11.3. The molecule has 4 aromatic rings. The Bertz CT molecular complexity index is 2030. The molecule has 0 bridgehead atoms. The lowest BCUT2D eigenvalue weighted by Crippen LogP contribution is -2.25. The van der Waals surface area contributed by atoms with Gasteiger partial charge in [-0.25, -0.2) is 8.42 Å². The van der Waals surface area contributed by atoms with Gasteiger partial charge in [0.1, 0.15) is 22.9 Å². The van der Waals surface area contributed by atoms with E-state index >= 15 is 0 Å². The third-order valence-corrected chi connectivity index (χ3v) is 9.28. The van der Waals surface area contributed by atoms with Gasteiger partial charge in [-0.05, 0) is 48.0 Å². The molecule has 1 aromatic carbocycles. The molecule has 3 aromatic heterocycles. The van der Waals surface area contributed by atoms with Crippen molar-refractivity contribution in [2.75, 3.05) is 34.1 Å². The molecule has 0 saturated heterocycles. The van der Waals surface area contributed by atoms with E-state index in [0.717, 1.165) is 0 Å². The molecule has 0 unspecified atom stereocenters. The number of benzene rings is 1. The van der Waals surface area contributed by atoms with E-state index < -0.39 is 27.6 Å². The Labute approximate surface area is 281 Å². The number of aromatic nitrogens is 3. The Morgan fingerprint density at radius 3 is 2.00 bits per heavy atom. The first kappa shape index (κ1) is 35.3. The van der Waals surface area contributed by atoms with Crippen molar-refractivity contribution in [2.24, 2.45) is 21.1 Å². The Hall–Kier alpha value is -5.59. The van der Waals surface area contributed by atoms with Crippen LogP contribution in [0.5, 0.6) is 0 Å². The number of nitrogens with zero attached hydrogens (tertiary/aromatic N) is 4. The molecule has 4 rings (SSSR count). The molecule has 48 heavy (non-hydrogen) atoms. The Morgan fingerprint density at radius 1 is 0.833 bits per heavy atom. The number of amides is 4. The fraction of sp³-hybridized carbons (Fsp3) is 0.219. The molecule has 0 spiro atoms. The Balaban J connectivity index is 1.35. The minimum absolute atomic E-state index is 0.00777. The minimum Gasteiger partial charge on any atom is -0.350 e. The van der Waals surface area contributed by atoms with Gasteiger partial charge in [0.15, 0.2) is 9.84 Å². The number of carbonyl (C=O) groups excluding carboxylic acids is 4. The monoisotopic (exact) mass is 692 g/mol. The molecule has 0 aliphatic carbocycles. The summed E-state index contributed by atoms with van der Waals surface area (Å²) in [7, 11) is 1.45. The van der Waals surface area contributed by atoms with Crippen LogP contribution >= 0.6 is 11.6 Å². The van der Waals surface area contributed by atoms with Gasteiger partial charge in [0.25, 0.3) is 17.7 Å². The van der Waals surface area contributed by atoms with E-state index in [2.05, 4.69) is 21.3 Å². The molecule has 14 nitrogen and oxygen atoms in total. The van der Waals surface area contributed by atoms with Crippen LogP contribution in [-0.4, -0.2) is 63.9 Å². The van der Waals surface area contributed by atoms with Crippen LogP contribution in [0, 0.1) is 11.3 Å². The molecule has 0 aliphatic heterocycles. The predicted molar refractivity (Wildman–Crippen MR) is 182 cm³/mol. The first-order chi connectivity index (χ1) is 22.8. The topological polar surface area (TPSA) is 189 Å². The van der Waals surface area contributed by atoms with Crippen LogP contribution in [0.15, 0.2) is 71.9 Å². The van der Waals surface area contributed by atoms with Gasteiger partial charge in [-0.2, -0.15) is 5.26 Å². The quantitative estimate of drug-likeness (QED) is 0.0937. The van der Waals surface area contributed by atoms with Gasteiger partial charge in [0, 0.05) is 52.0 Å². The maximum atomic E-state index is 13.1. The van der Waals surface area contributed by atoms with Crippen LogP contribution in [0.25, 0.3) is 6.08 Å². The molecule has 250 valence electrons. The van der Waals surface area contributed by atoms with Gasteiger partial charge in [0.05, 0.1) is 34.5 Å². The van der Waals surface area contributed by atoms with Crippen molar-refractivity contribution >= 4 is 68.3 Å². The van der Waals surface area contributed by atoms with E-state index in [1.54, 1.807) is 60.9 Å². The standard InChI is InChI=1S/C32H33ClN8O6S/c1-39-19-22(17-26(39)30(43)35-15-4-14-34)37-32(45)27-18-23(20-40(27)2)36-31(44)25-10-11-28(41(25)3)38-29(42)12-7-21-5-8-24(9-6-21)48(46,47)16-13-33/h5-12,17-20H,4,13,15-16H2,1-3H3,(H,35,43)(H,36,44)(H,37,45)(H,38,42)/b12-7+. The smallest absolute Gasteiger partial charge is 0.272 e. The molecular weight excluding hydrogens is 660 g/mol. The molecule has 0 aliphatic rings. The second-order valence-electron chi connectivity index (χ2n) is 10.6. The van der Waals surface area contributed by atoms with E-state index in [1.807, 2.05) is 6.07 Å². The average molecular weight is 693 g/mol. The van der Waals surface area contributed by atoms with Crippen molar-refractivity contribution in [2.45, 2.75) is 11.3 Å². The van der Waals surface area contributed by atoms with Crippen molar-refractivity contribution in [3.05, 3.63) is 89.6 Å². The summed E-state index contributed by atoms with van der Waals surface area (Å²) in [5.74, 6) is -1.62. The third kappa shape index (κ3) is 8.60. The van der Waals surface area contributed by atoms with Crippen molar-refractivity contribution in [1.82, 2.24) is 19.0 Å². The second kappa shape index (κ2) is 15.3. The lowest BCUT2D eigenvalue weighted by atomic mass is 10.2. The summed E-state index contributed by atoms with van der Waals surface area (Å²) >= 11 is 5.56. The molecule has 3 heterocycles. The number of halogens is 1. The molecule has 0 atom stereocenters. The second-order valence-corrected chi connectivity index (χ2v) is 13.1. The summed E-state index contributed by atoms with van der Waals surface area (Å²) in [6, 6.07) is 14.1. The van der Waals surface area contributed by atoms with Crippen LogP contribution in [0.1, 0.15) is 43.4 Å². The maximum absolute atomic E-state index is 13.1. The number of aryl methyl sites for hydroxylation is 2. The fourth-order valence-corrected chi connectivity index (χ4v) is 6.24. The van der Waals surface area contributed by atoms with Crippen LogP contribution in [-0.2, 0) is 35.8 Å². The zero-order valence-corrected chi connectivity index (χ0v) is 27.9. The van der Waals surface area contributed by atoms with Crippen molar-refractivity contribution in [3.8, 4) is 6.07 Å². The highest BCUT2D eigenvalue weighted by atomic mass is 35.5. The first-order valence-electron chi connectivity index (χ1n) is 14.5. The number of rotatable bonds is 13. The summed E-state index contributed by atoms with van der Waals surface area (Å²) in [6.07, 6.45) is 6.15. The summed E-state index contributed by atoms with van der Waals surface area (Å²) < 4.78 is 28.8. The highest BCUT2D eigenvalue weighted by Gasteiger charge is 2.19. The van der Waals surface area contributed by atoms with E-state index in [1.165, 1.54) is 47.1 Å². The zero-order chi connectivity index (χ0) is 35.0. The third-order valence-electron chi connectivity index (χ3n) is 7.13. The normalized spacial score (nSPS) is 11.2. The van der Waals surface area contributed by atoms with Crippen LogP contribution in [0.3, 0.4) is 0 Å². The molecule has 0 saturated carbocycles. The molecular formula is C32H33ClN8O6S. The van der Waals surface area contributed by atoms with Gasteiger partial charge >= 0.3 is 0 Å². The predicted octanol–water partition coefficient (Wildman–Crippen LogP) is 3.51. The highest BCUT2D eigenvalue weighted by Crippen LogP contribution is 2.20. The Morgan fingerprint density at radius 2 is 1.42 bits per heavy atom. The lowest BCUT2D eigenvalue weighted by molar-refractivity contribution is -0.111. The number of nitriles is 1. The number of carbonyl (C=O) groups is 4. The van der Waals surface area contributed by atoms with Crippen molar-refractivity contribution in [3.63, 3.8) is 0 Å². The molecule has 4 N–H and O–H groups in total. The number of sulfone groups is 1. The molecule has 0 radical (unpaired) electrons. The van der Waals surface area contributed by atoms with Crippen molar-refractivity contribution in [1.29, 1.82) is 5.26 Å². The van der Waals surface area contributed by atoms with E-state index in [0.29, 0.717) is 28.5 Å². The number of hydrogen-bond donors (Lipinski definition) is 4. The van der Waals surface area contributed by atoms with Crippen LogP contribution < -0.4 is 21.3 Å². The van der Waals surface area contributed by atoms with Gasteiger partial charge in [-0.3, -0.25) is 19.2 Å². The number of hydrogen-bond acceptors (Lipinski definition) is 7. The van der Waals surface area contributed by atoms with Gasteiger partial charge in [-0.15, -0.1) is 11.6 Å². The lowest BCUT2D eigenvalue weighted by Gasteiger charge is -2.08. The van der Waals surface area contributed by atoms with Gasteiger partial charge < -0.3 is 35.0 Å². The van der Waals surface area contributed by atoms with E-state index in [9.17, 15) is 27.6 Å². The first-order valence-corrected chi connectivity index (χ1v) is 16.7. The number of alkyl halides is 1. The van der Waals surface area contributed by atoms with Crippen LogP contribution in [0.2, 0.25) is 0 Å². The summed E-state index contributed by atoms with van der Waals surface area (Å²) in [5, 5.41) is 19.5. The van der Waals surface area contributed by atoms with Gasteiger partial charge in [-0.1, -0.05) is 12.1 Å². The average Bonchev–Trinajstić information content (AvgIpc) is 3.71. The molecule has 4 amide bonds. The SMILES string of the molecule is Cn1cc(NC(=O)c2cc(NC(=O)c3ccc(NC(=O)/C=C/c4ccc(S(=O)(=O)CCCl)cc4)n3C)cn2C)cc1C(=O)NCCC#N. The van der Waals surface area contributed by atoms with E-state index in [-0.39, 0.29) is 46.8 Å². The number of nitrogens with one attached hydrogen (secondary N) is 4. The largest absolute Gasteiger partial charge is 0.350 e. The summed E-state index contributed by atoms with van der Waals surface area (Å²) in [6.45, 7) is 0.209. The molecule has 16 heteroatoms.